The Kier molecular flexibility index (Phi) is 5.91. The van der Waals surface area contributed by atoms with Crippen molar-refractivity contribution in [3.05, 3.63) is 24.3 Å². The zero-order valence-electron chi connectivity index (χ0n) is 10.6. The third-order valence-electron chi connectivity index (χ3n) is 2.42. The quantitative estimate of drug-likeness (QED) is 0.765. The molecule has 1 amide bonds. The van der Waals surface area contributed by atoms with E-state index in [1.807, 2.05) is 44.4 Å². The van der Waals surface area contributed by atoms with Crippen LogP contribution in [-0.2, 0) is 4.79 Å². The summed E-state index contributed by atoms with van der Waals surface area (Å²) >= 11 is 1.71. The highest BCUT2D eigenvalue weighted by Gasteiger charge is 2.11. The molecule has 0 heterocycles. The molecule has 0 saturated heterocycles. The number of thioether (sulfide) groups is 1. The fourth-order valence-corrected chi connectivity index (χ4v) is 1.81. The first-order valence-corrected chi connectivity index (χ1v) is 7.08. The fourth-order valence-electron chi connectivity index (χ4n) is 1.40. The Morgan fingerprint density at radius 3 is 2.53 bits per heavy atom. The molecule has 0 aliphatic rings. The van der Waals surface area contributed by atoms with E-state index in [0.717, 1.165) is 18.7 Å². The van der Waals surface area contributed by atoms with Crippen molar-refractivity contribution in [2.75, 3.05) is 18.1 Å². The van der Waals surface area contributed by atoms with E-state index in [0.29, 0.717) is 0 Å². The van der Waals surface area contributed by atoms with Crippen molar-refractivity contribution in [3.8, 4) is 0 Å². The van der Waals surface area contributed by atoms with Crippen LogP contribution in [-0.4, -0.2) is 24.7 Å². The number of hydrogen-bond acceptors (Lipinski definition) is 3. The summed E-state index contributed by atoms with van der Waals surface area (Å²) in [5, 5.41) is 6.05. The molecule has 94 valence electrons. The topological polar surface area (TPSA) is 41.1 Å². The number of rotatable bonds is 6. The lowest BCUT2D eigenvalue weighted by Crippen LogP contribution is -2.37. The van der Waals surface area contributed by atoms with Gasteiger partial charge in [-0.15, -0.1) is 11.8 Å². The van der Waals surface area contributed by atoms with E-state index in [9.17, 15) is 4.79 Å². The van der Waals surface area contributed by atoms with Crippen LogP contribution in [0.4, 0.5) is 5.69 Å². The lowest BCUT2D eigenvalue weighted by molar-refractivity contribution is -0.121. The molecular weight excluding hydrogens is 232 g/mol. The van der Waals surface area contributed by atoms with E-state index >= 15 is 0 Å². The third kappa shape index (κ3) is 4.69. The highest BCUT2D eigenvalue weighted by atomic mass is 32.2. The molecule has 3 nitrogen and oxygen atoms in total. The van der Waals surface area contributed by atoms with E-state index in [1.165, 1.54) is 4.90 Å². The van der Waals surface area contributed by atoms with Crippen molar-refractivity contribution < 1.29 is 4.79 Å². The van der Waals surface area contributed by atoms with E-state index in [1.54, 1.807) is 11.8 Å². The molecule has 4 heteroatoms. The van der Waals surface area contributed by atoms with Crippen LogP contribution in [0.5, 0.6) is 0 Å². The standard InChI is InChI=1S/C13H20N2OS/c1-4-9-14-13(16)10(2)15-11-5-7-12(17-3)8-6-11/h5-8,10,15H,4,9H2,1-3H3,(H,14,16). The Hall–Kier alpha value is -1.16. The van der Waals surface area contributed by atoms with Crippen LogP contribution in [0.15, 0.2) is 29.2 Å². The van der Waals surface area contributed by atoms with Gasteiger partial charge in [0.25, 0.3) is 0 Å². The molecule has 0 saturated carbocycles. The third-order valence-corrected chi connectivity index (χ3v) is 3.16. The summed E-state index contributed by atoms with van der Waals surface area (Å²) in [7, 11) is 0. The van der Waals surface area contributed by atoms with Crippen molar-refractivity contribution in [3.63, 3.8) is 0 Å². The molecular formula is C13H20N2OS. The van der Waals surface area contributed by atoms with E-state index < -0.39 is 0 Å². The molecule has 0 aliphatic carbocycles. The Morgan fingerprint density at radius 2 is 2.00 bits per heavy atom. The molecule has 1 aromatic rings. The molecule has 2 N–H and O–H groups in total. The van der Waals surface area contributed by atoms with Crippen molar-refractivity contribution in [1.82, 2.24) is 5.32 Å². The fraction of sp³-hybridized carbons (Fsp3) is 0.462. The number of carbonyl (C=O) groups excluding carboxylic acids is 1. The van der Waals surface area contributed by atoms with Gasteiger partial charge in [-0.3, -0.25) is 4.79 Å². The van der Waals surface area contributed by atoms with Gasteiger partial charge in [0.15, 0.2) is 0 Å². The number of nitrogens with one attached hydrogen (secondary N) is 2. The molecule has 1 rings (SSSR count). The molecule has 0 bridgehead atoms. The summed E-state index contributed by atoms with van der Waals surface area (Å²) in [4.78, 5) is 12.9. The highest BCUT2D eigenvalue weighted by Crippen LogP contribution is 2.17. The molecule has 1 aromatic carbocycles. The normalized spacial score (nSPS) is 11.9. The zero-order chi connectivity index (χ0) is 12.7. The monoisotopic (exact) mass is 252 g/mol. The van der Waals surface area contributed by atoms with Crippen molar-refractivity contribution in [1.29, 1.82) is 0 Å². The van der Waals surface area contributed by atoms with E-state index in [4.69, 9.17) is 0 Å². The largest absolute Gasteiger partial charge is 0.374 e. The van der Waals surface area contributed by atoms with Crippen LogP contribution in [0.25, 0.3) is 0 Å². The van der Waals surface area contributed by atoms with Crippen LogP contribution in [0.1, 0.15) is 20.3 Å². The minimum atomic E-state index is -0.207. The van der Waals surface area contributed by atoms with Crippen molar-refractivity contribution >= 4 is 23.4 Å². The summed E-state index contributed by atoms with van der Waals surface area (Å²) in [5.74, 6) is 0.0424. The lowest BCUT2D eigenvalue weighted by atomic mass is 10.2. The van der Waals surface area contributed by atoms with Gasteiger partial charge in [-0.05, 0) is 43.9 Å². The predicted molar refractivity (Wildman–Crippen MR) is 74.6 cm³/mol. The molecule has 0 fully saturated rings. The number of carbonyl (C=O) groups is 1. The van der Waals surface area contributed by atoms with Crippen LogP contribution in [0.2, 0.25) is 0 Å². The zero-order valence-corrected chi connectivity index (χ0v) is 11.4. The van der Waals surface area contributed by atoms with Gasteiger partial charge < -0.3 is 10.6 Å². The van der Waals surface area contributed by atoms with Gasteiger partial charge in [0.2, 0.25) is 5.91 Å². The first-order chi connectivity index (χ1) is 8.17. The Balaban J connectivity index is 2.49. The SMILES string of the molecule is CCCNC(=O)C(C)Nc1ccc(SC)cc1. The second kappa shape index (κ2) is 7.22. The van der Waals surface area contributed by atoms with Gasteiger partial charge >= 0.3 is 0 Å². The summed E-state index contributed by atoms with van der Waals surface area (Å²) in [5.41, 5.74) is 0.974. The van der Waals surface area contributed by atoms with Gasteiger partial charge in [0, 0.05) is 17.1 Å². The molecule has 0 aromatic heterocycles. The highest BCUT2D eigenvalue weighted by molar-refractivity contribution is 7.98. The molecule has 0 aliphatic heterocycles. The minimum Gasteiger partial charge on any atom is -0.374 e. The molecule has 0 spiro atoms. The molecule has 17 heavy (non-hydrogen) atoms. The maximum atomic E-state index is 11.7. The molecule has 1 atom stereocenters. The summed E-state index contributed by atoms with van der Waals surface area (Å²) in [6, 6.07) is 7.87. The summed E-state index contributed by atoms with van der Waals surface area (Å²) in [6.45, 7) is 4.64. The van der Waals surface area contributed by atoms with Crippen LogP contribution < -0.4 is 10.6 Å². The predicted octanol–water partition coefficient (Wildman–Crippen LogP) is 2.74. The summed E-state index contributed by atoms with van der Waals surface area (Å²) in [6.07, 6.45) is 3.00. The van der Waals surface area contributed by atoms with Gasteiger partial charge in [-0.2, -0.15) is 0 Å². The van der Waals surface area contributed by atoms with Gasteiger partial charge in [0.1, 0.15) is 6.04 Å². The van der Waals surface area contributed by atoms with Gasteiger partial charge in [-0.1, -0.05) is 6.92 Å². The number of hydrogen-bond donors (Lipinski definition) is 2. The van der Waals surface area contributed by atoms with Crippen molar-refractivity contribution in [2.45, 2.75) is 31.2 Å². The number of amides is 1. The smallest absolute Gasteiger partial charge is 0.242 e. The second-order valence-electron chi connectivity index (χ2n) is 3.89. The van der Waals surface area contributed by atoms with E-state index in [-0.39, 0.29) is 11.9 Å². The first kappa shape index (κ1) is 13.9. The lowest BCUT2D eigenvalue weighted by Gasteiger charge is -2.15. The number of anilines is 1. The van der Waals surface area contributed by atoms with Crippen LogP contribution in [0.3, 0.4) is 0 Å². The van der Waals surface area contributed by atoms with Gasteiger partial charge in [-0.25, -0.2) is 0 Å². The molecule has 1 unspecified atom stereocenters. The second-order valence-corrected chi connectivity index (χ2v) is 4.77. The maximum absolute atomic E-state index is 11.7. The minimum absolute atomic E-state index is 0.0424. The average molecular weight is 252 g/mol. The van der Waals surface area contributed by atoms with Crippen LogP contribution in [0, 0.1) is 0 Å². The van der Waals surface area contributed by atoms with Crippen LogP contribution >= 0.6 is 11.8 Å². The van der Waals surface area contributed by atoms with Gasteiger partial charge in [0.05, 0.1) is 0 Å². The van der Waals surface area contributed by atoms with Crippen molar-refractivity contribution in [2.24, 2.45) is 0 Å². The molecule has 0 radical (unpaired) electrons. The average Bonchev–Trinajstić information content (AvgIpc) is 2.36. The Labute approximate surface area is 107 Å². The first-order valence-electron chi connectivity index (χ1n) is 5.85. The van der Waals surface area contributed by atoms with E-state index in [2.05, 4.69) is 10.6 Å². The maximum Gasteiger partial charge on any atom is 0.242 e. The summed E-state index contributed by atoms with van der Waals surface area (Å²) < 4.78 is 0. The number of benzene rings is 1. The Morgan fingerprint density at radius 1 is 1.35 bits per heavy atom. The Bertz CT molecular complexity index is 351.